The molecule has 0 fully saturated rings. The second-order valence-electron chi connectivity index (χ2n) is 12.8. The number of hydrogen-bond donors (Lipinski definition) is 2. The van der Waals surface area contributed by atoms with Gasteiger partial charge in [0.15, 0.2) is 23.0 Å². The molecule has 54 heavy (non-hydrogen) atoms. The van der Waals surface area contributed by atoms with Crippen LogP contribution >= 0.6 is 0 Å². The summed E-state index contributed by atoms with van der Waals surface area (Å²) in [6.45, 7) is 7.91. The molecule has 8 nitrogen and oxygen atoms in total. The van der Waals surface area contributed by atoms with E-state index in [9.17, 15) is 10.2 Å². The van der Waals surface area contributed by atoms with Crippen molar-refractivity contribution in [1.82, 2.24) is 0 Å². The summed E-state index contributed by atoms with van der Waals surface area (Å²) in [5, 5.41) is 22.0. The van der Waals surface area contributed by atoms with Crippen molar-refractivity contribution in [2.24, 2.45) is 0 Å². The van der Waals surface area contributed by atoms with Gasteiger partial charge in [0.25, 0.3) is 0 Å². The van der Waals surface area contributed by atoms with Crippen LogP contribution in [0.2, 0.25) is 0 Å². The van der Waals surface area contributed by atoms with Crippen LogP contribution in [0.15, 0.2) is 146 Å². The number of benzene rings is 7. The molecule has 7 rings (SSSR count). The summed E-state index contributed by atoms with van der Waals surface area (Å²) in [4.78, 5) is 0. The highest BCUT2D eigenvalue weighted by molar-refractivity contribution is 5.77. The Morgan fingerprint density at radius 1 is 0.278 bits per heavy atom. The van der Waals surface area contributed by atoms with E-state index in [0.29, 0.717) is 23.0 Å². The first-order valence-corrected chi connectivity index (χ1v) is 17.3. The molecule has 0 aliphatic carbocycles. The van der Waals surface area contributed by atoms with Crippen molar-refractivity contribution in [2.45, 2.75) is 27.7 Å². The average Bonchev–Trinajstić information content (AvgIpc) is 3.17. The summed E-state index contributed by atoms with van der Waals surface area (Å²) < 4.78 is 40.1. The highest BCUT2D eigenvalue weighted by atomic mass is 16.6. The normalized spacial score (nSPS) is 10.7. The first-order valence-electron chi connectivity index (χ1n) is 17.3. The van der Waals surface area contributed by atoms with Crippen LogP contribution in [0.25, 0.3) is 0 Å². The van der Waals surface area contributed by atoms with Gasteiger partial charge in [0.05, 0.1) is 0 Å². The first kappa shape index (κ1) is 35.3. The molecule has 0 atom stereocenters. The SMILES string of the molecule is Cc1ccc(Oc2c(Oc3ccc(C)cc3)c(Oc3ccccc3O)c(Oc3ccc(C)cc3)c(Oc3ccc(C)cc3)c2Oc2ccccc2O)cc1. The van der Waals surface area contributed by atoms with E-state index in [1.807, 2.05) is 125 Å². The van der Waals surface area contributed by atoms with Crippen molar-refractivity contribution >= 4 is 0 Å². The monoisotopic (exact) mass is 718 g/mol. The minimum Gasteiger partial charge on any atom is -0.504 e. The zero-order valence-corrected chi connectivity index (χ0v) is 30.2. The molecular formula is C46H38O8. The third-order valence-electron chi connectivity index (χ3n) is 8.36. The molecule has 0 aliphatic heterocycles. The topological polar surface area (TPSA) is 95.8 Å². The summed E-state index contributed by atoms with van der Waals surface area (Å²) in [5.41, 5.74) is 4.10. The molecule has 0 saturated carbocycles. The van der Waals surface area contributed by atoms with Gasteiger partial charge in [0, 0.05) is 0 Å². The molecule has 270 valence electrons. The largest absolute Gasteiger partial charge is 0.504 e. The second kappa shape index (κ2) is 15.7. The van der Waals surface area contributed by atoms with Crippen LogP contribution in [-0.2, 0) is 0 Å². The molecule has 0 unspecified atom stereocenters. The summed E-state index contributed by atoms with van der Waals surface area (Å²) in [6, 6.07) is 43.0. The van der Waals surface area contributed by atoms with E-state index in [4.69, 9.17) is 28.4 Å². The Bertz CT molecular complexity index is 2080. The van der Waals surface area contributed by atoms with Crippen LogP contribution in [-0.4, -0.2) is 10.2 Å². The number of aryl methyl sites for hydroxylation is 4. The van der Waals surface area contributed by atoms with Gasteiger partial charge in [-0.3, -0.25) is 0 Å². The van der Waals surface area contributed by atoms with Crippen molar-refractivity contribution in [1.29, 1.82) is 0 Å². The molecule has 0 amide bonds. The van der Waals surface area contributed by atoms with Crippen molar-refractivity contribution < 1.29 is 38.6 Å². The molecule has 0 spiro atoms. The Balaban J connectivity index is 1.59. The Hall–Kier alpha value is -7.06. The van der Waals surface area contributed by atoms with Crippen LogP contribution in [0.1, 0.15) is 22.3 Å². The number of phenolic OH excluding ortho intramolecular Hbond substituents is 2. The van der Waals surface area contributed by atoms with Crippen molar-refractivity contribution in [3.05, 3.63) is 168 Å². The number of hydrogen-bond acceptors (Lipinski definition) is 8. The van der Waals surface area contributed by atoms with E-state index >= 15 is 0 Å². The van der Waals surface area contributed by atoms with E-state index in [0.717, 1.165) is 22.3 Å². The van der Waals surface area contributed by atoms with Crippen molar-refractivity contribution in [3.8, 4) is 80.5 Å². The maximum Gasteiger partial charge on any atom is 0.220 e. The fourth-order valence-electron chi connectivity index (χ4n) is 5.38. The molecule has 7 aromatic carbocycles. The minimum absolute atomic E-state index is 0.00602. The molecular weight excluding hydrogens is 680 g/mol. The number of rotatable bonds is 12. The van der Waals surface area contributed by atoms with Gasteiger partial charge in [0.1, 0.15) is 23.0 Å². The summed E-state index contributed by atoms with van der Waals surface area (Å²) in [7, 11) is 0. The molecule has 0 radical (unpaired) electrons. The fraction of sp³-hybridized carbons (Fsp3) is 0.0870. The molecule has 2 N–H and O–H groups in total. The van der Waals surface area contributed by atoms with Gasteiger partial charge in [-0.25, -0.2) is 0 Å². The van der Waals surface area contributed by atoms with Gasteiger partial charge in [-0.2, -0.15) is 0 Å². The second-order valence-corrected chi connectivity index (χ2v) is 12.8. The highest BCUT2D eigenvalue weighted by Gasteiger charge is 2.35. The Morgan fingerprint density at radius 3 is 0.741 bits per heavy atom. The van der Waals surface area contributed by atoms with E-state index < -0.39 is 0 Å². The van der Waals surface area contributed by atoms with E-state index in [2.05, 4.69) is 0 Å². The first-order chi connectivity index (χ1) is 26.2. The summed E-state index contributed by atoms with van der Waals surface area (Å²) in [6.07, 6.45) is 0. The Morgan fingerprint density at radius 2 is 0.500 bits per heavy atom. The molecule has 0 bridgehead atoms. The van der Waals surface area contributed by atoms with Crippen molar-refractivity contribution in [3.63, 3.8) is 0 Å². The average molecular weight is 719 g/mol. The molecule has 0 aliphatic rings. The Kier molecular flexibility index (Phi) is 10.3. The van der Waals surface area contributed by atoms with Crippen LogP contribution in [0.5, 0.6) is 80.5 Å². The maximum absolute atomic E-state index is 11.0. The van der Waals surface area contributed by atoms with Crippen LogP contribution < -0.4 is 28.4 Å². The lowest BCUT2D eigenvalue weighted by atomic mass is 10.1. The maximum atomic E-state index is 11.0. The van der Waals surface area contributed by atoms with Gasteiger partial charge in [-0.15, -0.1) is 0 Å². The number of para-hydroxylation sites is 4. The van der Waals surface area contributed by atoms with Gasteiger partial charge in [-0.05, 0) is 100 Å². The van der Waals surface area contributed by atoms with Crippen LogP contribution in [0, 0.1) is 27.7 Å². The predicted octanol–water partition coefficient (Wildman–Crippen LogP) is 13.1. The standard InChI is InChI=1S/C46H38O8/c1-29-13-21-33(22-14-29)49-41-42(50-34-23-15-30(2)16-24-34)46(54-40-12-8-6-10-38(40)48)44(52-36-27-19-32(4)20-28-36)43(51-35-25-17-31(3)18-26-35)45(41)53-39-11-7-5-9-37(39)47/h5-28,47-48H,1-4H3. The van der Waals surface area contributed by atoms with Crippen LogP contribution in [0.3, 0.4) is 0 Å². The van der Waals surface area contributed by atoms with Gasteiger partial charge >= 0.3 is 0 Å². The fourth-order valence-corrected chi connectivity index (χ4v) is 5.38. The number of aromatic hydroxyl groups is 2. The van der Waals surface area contributed by atoms with Gasteiger partial charge < -0.3 is 38.6 Å². The molecule has 0 saturated heterocycles. The van der Waals surface area contributed by atoms with Crippen LogP contribution in [0.4, 0.5) is 0 Å². The number of phenols is 2. The lowest BCUT2D eigenvalue weighted by Crippen LogP contribution is -2.03. The molecule has 0 aromatic heterocycles. The third kappa shape index (κ3) is 8.19. The quantitative estimate of drug-likeness (QED) is 0.129. The Labute approximate surface area is 314 Å². The highest BCUT2D eigenvalue weighted by Crippen LogP contribution is 2.63. The molecule has 8 heteroatoms. The lowest BCUT2D eigenvalue weighted by molar-refractivity contribution is 0.318. The molecule has 0 heterocycles. The molecule has 7 aromatic rings. The zero-order chi connectivity index (χ0) is 37.6. The lowest BCUT2D eigenvalue weighted by Gasteiger charge is -2.25. The summed E-state index contributed by atoms with van der Waals surface area (Å²) >= 11 is 0. The van der Waals surface area contributed by atoms with E-state index in [1.165, 1.54) is 12.1 Å². The van der Waals surface area contributed by atoms with Gasteiger partial charge in [-0.1, -0.05) is 95.1 Å². The zero-order valence-electron chi connectivity index (χ0n) is 30.2. The summed E-state index contributed by atoms with van der Waals surface area (Å²) in [5.74, 6) is 1.88. The smallest absolute Gasteiger partial charge is 0.220 e. The van der Waals surface area contributed by atoms with E-state index in [1.54, 1.807) is 36.4 Å². The van der Waals surface area contributed by atoms with E-state index in [-0.39, 0.29) is 57.5 Å². The minimum atomic E-state index is -0.128. The number of ether oxygens (including phenoxy) is 6. The van der Waals surface area contributed by atoms with Gasteiger partial charge in [0.2, 0.25) is 34.5 Å². The predicted molar refractivity (Wildman–Crippen MR) is 208 cm³/mol. The third-order valence-corrected chi connectivity index (χ3v) is 8.36. The van der Waals surface area contributed by atoms with Crippen molar-refractivity contribution in [2.75, 3.05) is 0 Å².